The van der Waals surface area contributed by atoms with E-state index in [9.17, 15) is 24.0 Å². The molecule has 0 fully saturated rings. The summed E-state index contributed by atoms with van der Waals surface area (Å²) in [6.45, 7) is -0.575. The molecule has 0 aliphatic rings. The summed E-state index contributed by atoms with van der Waals surface area (Å²) >= 11 is 3.98. The van der Waals surface area contributed by atoms with Gasteiger partial charge in [0.25, 0.3) is 0 Å². The topological polar surface area (TPSA) is 204 Å². The van der Waals surface area contributed by atoms with Crippen LogP contribution in [0.25, 0.3) is 10.9 Å². The Morgan fingerprint density at radius 3 is 2.38 bits per heavy atom. The number of fused-ring (bicyclic) bond motifs is 1. The van der Waals surface area contributed by atoms with Crippen molar-refractivity contribution in [1.29, 1.82) is 0 Å². The number of nitrogens with two attached hydrogens (primary N) is 1. The molecule has 0 radical (unpaired) electrons. The standard InChI is InChI=1S/C21H27N5O7S/c22-13(10-34)19(30)26-16(7-11-8-23-14-4-2-1-3-12(11)14)20(31)24-9-17(27)25-15(21(32)33)5-6-18(28)29/h1-4,8,13,15-16,23,34H,5-7,9-10,22H2,(H,24,31)(H,25,27)(H,26,30)(H,28,29)(H,32,33). The lowest BCUT2D eigenvalue weighted by atomic mass is 10.0. The number of hydrogen-bond donors (Lipinski definition) is 8. The van der Waals surface area contributed by atoms with Gasteiger partial charge in [0.2, 0.25) is 17.7 Å². The van der Waals surface area contributed by atoms with Crippen LogP contribution in [0.5, 0.6) is 0 Å². The fourth-order valence-electron chi connectivity index (χ4n) is 3.15. The summed E-state index contributed by atoms with van der Waals surface area (Å²) in [4.78, 5) is 62.2. The van der Waals surface area contributed by atoms with Gasteiger partial charge in [-0.05, 0) is 18.1 Å². The molecule has 0 spiro atoms. The minimum absolute atomic E-state index is 0.0581. The average Bonchev–Trinajstić information content (AvgIpc) is 3.21. The number of nitrogens with one attached hydrogen (secondary N) is 4. The summed E-state index contributed by atoms with van der Waals surface area (Å²) in [5.41, 5.74) is 7.29. The smallest absolute Gasteiger partial charge is 0.326 e. The van der Waals surface area contributed by atoms with Gasteiger partial charge in [0.1, 0.15) is 12.1 Å². The van der Waals surface area contributed by atoms with Gasteiger partial charge in [-0.1, -0.05) is 18.2 Å². The van der Waals surface area contributed by atoms with Crippen molar-refractivity contribution in [3.63, 3.8) is 0 Å². The molecule has 1 aromatic carbocycles. The summed E-state index contributed by atoms with van der Waals surface area (Å²) in [5, 5.41) is 25.8. The Morgan fingerprint density at radius 1 is 1.03 bits per heavy atom. The third kappa shape index (κ3) is 7.78. The number of thiol groups is 1. The predicted octanol–water partition coefficient (Wildman–Crippen LogP) is -0.997. The van der Waals surface area contributed by atoms with Crippen LogP contribution in [0, 0.1) is 0 Å². The molecule has 3 amide bonds. The third-order valence-corrected chi connectivity index (χ3v) is 5.36. The fraction of sp³-hybridized carbons (Fsp3) is 0.381. The highest BCUT2D eigenvalue weighted by Crippen LogP contribution is 2.19. The first-order valence-corrected chi connectivity index (χ1v) is 11.0. The lowest BCUT2D eigenvalue weighted by Gasteiger charge is -2.20. The predicted molar refractivity (Wildman–Crippen MR) is 125 cm³/mol. The SMILES string of the molecule is NC(CS)C(=O)NC(Cc1c[nH]c2ccccc12)C(=O)NCC(=O)NC(CCC(=O)O)C(=O)O. The van der Waals surface area contributed by atoms with E-state index in [-0.39, 0.29) is 18.6 Å². The summed E-state index contributed by atoms with van der Waals surface area (Å²) in [5.74, 6) is -4.65. The molecule has 3 atom stereocenters. The van der Waals surface area contributed by atoms with E-state index >= 15 is 0 Å². The van der Waals surface area contributed by atoms with Gasteiger partial charge in [-0.15, -0.1) is 0 Å². The monoisotopic (exact) mass is 493 g/mol. The van der Waals surface area contributed by atoms with Crippen LogP contribution in [0.2, 0.25) is 0 Å². The number of hydrogen-bond acceptors (Lipinski definition) is 7. The van der Waals surface area contributed by atoms with Gasteiger partial charge >= 0.3 is 11.9 Å². The first kappa shape index (κ1) is 26.7. The number of carboxylic acid groups (broad SMARTS) is 2. The summed E-state index contributed by atoms with van der Waals surface area (Å²) in [6.07, 6.45) is 1.04. The van der Waals surface area contributed by atoms with Crippen molar-refractivity contribution in [3.8, 4) is 0 Å². The molecule has 1 heterocycles. The molecule has 0 aliphatic heterocycles. The Hall–Kier alpha value is -3.58. The molecule has 3 unspecified atom stereocenters. The first-order chi connectivity index (χ1) is 16.1. The Morgan fingerprint density at radius 2 is 1.74 bits per heavy atom. The fourth-order valence-corrected chi connectivity index (χ4v) is 3.32. The van der Waals surface area contributed by atoms with Crippen LogP contribution in [0.15, 0.2) is 30.5 Å². The molecule has 184 valence electrons. The van der Waals surface area contributed by atoms with E-state index < -0.39 is 60.8 Å². The van der Waals surface area contributed by atoms with Crippen molar-refractivity contribution < 1.29 is 34.2 Å². The Labute approximate surface area is 200 Å². The number of amides is 3. The van der Waals surface area contributed by atoms with Crippen LogP contribution in [-0.2, 0) is 30.4 Å². The lowest BCUT2D eigenvalue weighted by molar-refractivity contribution is -0.143. The van der Waals surface area contributed by atoms with Gasteiger partial charge in [-0.3, -0.25) is 19.2 Å². The van der Waals surface area contributed by atoms with Crippen molar-refractivity contribution >= 4 is 53.2 Å². The van der Waals surface area contributed by atoms with E-state index in [1.54, 1.807) is 6.20 Å². The van der Waals surface area contributed by atoms with Crippen molar-refractivity contribution in [1.82, 2.24) is 20.9 Å². The zero-order valence-corrected chi connectivity index (χ0v) is 19.0. The number of H-pyrrole nitrogens is 1. The van der Waals surface area contributed by atoms with Gasteiger partial charge in [0, 0.05) is 35.7 Å². The van der Waals surface area contributed by atoms with E-state index in [0.717, 1.165) is 16.5 Å². The number of rotatable bonds is 13. The van der Waals surface area contributed by atoms with Crippen LogP contribution in [-0.4, -0.2) is 75.3 Å². The maximum absolute atomic E-state index is 12.8. The molecule has 13 heteroatoms. The van der Waals surface area contributed by atoms with Crippen LogP contribution in [0.4, 0.5) is 0 Å². The summed E-state index contributed by atoms with van der Waals surface area (Å²) in [7, 11) is 0. The Bertz CT molecular complexity index is 1060. The second kappa shape index (κ2) is 12.6. The van der Waals surface area contributed by atoms with Crippen LogP contribution in [0.3, 0.4) is 0 Å². The highest BCUT2D eigenvalue weighted by molar-refractivity contribution is 7.80. The quantitative estimate of drug-likeness (QED) is 0.162. The normalized spacial score (nSPS) is 13.5. The summed E-state index contributed by atoms with van der Waals surface area (Å²) < 4.78 is 0. The number of aliphatic carboxylic acids is 2. The molecule has 8 N–H and O–H groups in total. The van der Waals surface area contributed by atoms with Gasteiger partial charge < -0.3 is 36.9 Å². The van der Waals surface area contributed by atoms with Crippen molar-refractivity contribution in [2.24, 2.45) is 5.73 Å². The first-order valence-electron chi connectivity index (χ1n) is 10.4. The number of aromatic amines is 1. The van der Waals surface area contributed by atoms with Gasteiger partial charge in [0.05, 0.1) is 12.6 Å². The molecular weight excluding hydrogens is 466 g/mol. The van der Waals surface area contributed by atoms with E-state index in [0.29, 0.717) is 0 Å². The van der Waals surface area contributed by atoms with E-state index in [2.05, 4.69) is 33.6 Å². The lowest BCUT2D eigenvalue weighted by Crippen LogP contribution is -2.54. The average molecular weight is 494 g/mol. The highest BCUT2D eigenvalue weighted by Gasteiger charge is 2.26. The maximum atomic E-state index is 12.8. The Kier molecular flexibility index (Phi) is 9.89. The van der Waals surface area contributed by atoms with E-state index in [1.807, 2.05) is 24.3 Å². The van der Waals surface area contributed by atoms with Gasteiger partial charge in [-0.2, -0.15) is 12.6 Å². The highest BCUT2D eigenvalue weighted by atomic mass is 32.1. The molecule has 1 aromatic heterocycles. The number of benzene rings is 1. The van der Waals surface area contributed by atoms with Gasteiger partial charge in [0.15, 0.2) is 0 Å². The minimum atomic E-state index is -1.42. The molecule has 0 saturated heterocycles. The number of aromatic nitrogens is 1. The zero-order chi connectivity index (χ0) is 25.3. The second-order valence-corrected chi connectivity index (χ2v) is 7.89. The van der Waals surface area contributed by atoms with E-state index in [4.69, 9.17) is 15.9 Å². The largest absolute Gasteiger partial charge is 0.481 e. The van der Waals surface area contributed by atoms with Crippen LogP contribution >= 0.6 is 12.6 Å². The number of carboxylic acids is 2. The molecule has 12 nitrogen and oxygen atoms in total. The molecule has 0 bridgehead atoms. The van der Waals surface area contributed by atoms with Crippen LogP contribution < -0.4 is 21.7 Å². The molecule has 2 aromatic rings. The number of carbonyl (C=O) groups is 5. The number of carbonyl (C=O) groups excluding carboxylic acids is 3. The zero-order valence-electron chi connectivity index (χ0n) is 18.1. The maximum Gasteiger partial charge on any atom is 0.326 e. The van der Waals surface area contributed by atoms with E-state index in [1.165, 1.54) is 0 Å². The van der Waals surface area contributed by atoms with Crippen molar-refractivity contribution in [2.45, 2.75) is 37.4 Å². The molecule has 34 heavy (non-hydrogen) atoms. The number of para-hydroxylation sites is 1. The van der Waals surface area contributed by atoms with Gasteiger partial charge in [-0.25, -0.2) is 4.79 Å². The molecular formula is C21H27N5O7S. The van der Waals surface area contributed by atoms with Crippen LogP contribution in [0.1, 0.15) is 18.4 Å². The molecule has 2 rings (SSSR count). The second-order valence-electron chi connectivity index (χ2n) is 7.52. The molecule has 0 aliphatic carbocycles. The van der Waals surface area contributed by atoms with Crippen molar-refractivity contribution in [2.75, 3.05) is 12.3 Å². The molecule has 0 saturated carbocycles. The van der Waals surface area contributed by atoms with Crippen molar-refractivity contribution in [3.05, 3.63) is 36.0 Å². The minimum Gasteiger partial charge on any atom is -0.481 e. The Balaban J connectivity index is 2.07. The summed E-state index contributed by atoms with van der Waals surface area (Å²) in [6, 6.07) is 3.95. The third-order valence-electron chi connectivity index (χ3n) is 4.97.